The van der Waals surface area contributed by atoms with Crippen LogP contribution in [0.25, 0.3) is 0 Å². The number of anilines is 1. The molecule has 2 nitrogen and oxygen atoms in total. The van der Waals surface area contributed by atoms with E-state index in [1.807, 2.05) is 7.05 Å². The van der Waals surface area contributed by atoms with Gasteiger partial charge in [-0.05, 0) is 37.1 Å². The Morgan fingerprint density at radius 2 is 2.31 bits per heavy atom. The number of halogens is 1. The molecule has 1 unspecified atom stereocenters. The third-order valence-electron chi connectivity index (χ3n) is 3.16. The fourth-order valence-corrected chi connectivity index (χ4v) is 2.60. The van der Waals surface area contributed by atoms with E-state index in [2.05, 4.69) is 35.3 Å². The summed E-state index contributed by atoms with van der Waals surface area (Å²) in [5.74, 6) is 0.785. The van der Waals surface area contributed by atoms with Crippen LogP contribution >= 0.6 is 11.6 Å². The van der Waals surface area contributed by atoms with Crippen LogP contribution in [0.3, 0.4) is 0 Å². The van der Waals surface area contributed by atoms with Gasteiger partial charge in [-0.15, -0.1) is 0 Å². The smallest absolute Gasteiger partial charge is 0.0642 e. The molecule has 0 bridgehead atoms. The van der Waals surface area contributed by atoms with Crippen LogP contribution in [0.5, 0.6) is 0 Å². The van der Waals surface area contributed by atoms with Gasteiger partial charge in [0, 0.05) is 19.6 Å². The van der Waals surface area contributed by atoms with E-state index in [-0.39, 0.29) is 0 Å². The Balaban J connectivity index is 2.16. The Morgan fingerprint density at radius 3 is 2.88 bits per heavy atom. The minimum absolute atomic E-state index is 0.785. The molecule has 1 heterocycles. The van der Waals surface area contributed by atoms with Crippen LogP contribution < -0.4 is 10.2 Å². The van der Waals surface area contributed by atoms with Crippen LogP contribution in [0.1, 0.15) is 18.9 Å². The standard InChI is InChI=1S/C13H19ClN2/c1-10-5-6-16(9-10)13-4-3-11(8-15-2)7-12(13)14/h3-4,7,10,15H,5-6,8-9H2,1-2H3. The second-order valence-corrected chi connectivity index (χ2v) is 5.06. The lowest BCUT2D eigenvalue weighted by Gasteiger charge is -2.20. The summed E-state index contributed by atoms with van der Waals surface area (Å²) in [5, 5.41) is 4.01. The van der Waals surface area contributed by atoms with Crippen molar-refractivity contribution in [3.8, 4) is 0 Å². The molecule has 0 aromatic heterocycles. The molecule has 0 radical (unpaired) electrons. The molecule has 0 saturated carbocycles. The molecule has 88 valence electrons. The summed E-state index contributed by atoms with van der Waals surface area (Å²) in [5.41, 5.74) is 2.43. The number of rotatable bonds is 3. The zero-order valence-electron chi connectivity index (χ0n) is 9.96. The van der Waals surface area contributed by atoms with Gasteiger partial charge in [0.1, 0.15) is 0 Å². The number of hydrogen-bond donors (Lipinski definition) is 1. The third kappa shape index (κ3) is 2.50. The maximum atomic E-state index is 6.32. The second-order valence-electron chi connectivity index (χ2n) is 4.66. The first-order chi connectivity index (χ1) is 7.70. The predicted octanol–water partition coefficient (Wildman–Crippen LogP) is 2.91. The maximum absolute atomic E-state index is 6.32. The molecule has 1 aliphatic rings. The highest BCUT2D eigenvalue weighted by Gasteiger charge is 2.20. The highest BCUT2D eigenvalue weighted by atomic mass is 35.5. The van der Waals surface area contributed by atoms with Crippen molar-refractivity contribution in [2.75, 3.05) is 25.0 Å². The van der Waals surface area contributed by atoms with Gasteiger partial charge in [-0.3, -0.25) is 0 Å². The minimum Gasteiger partial charge on any atom is -0.370 e. The number of nitrogens with zero attached hydrogens (tertiary/aromatic N) is 1. The van der Waals surface area contributed by atoms with Crippen molar-refractivity contribution in [2.24, 2.45) is 5.92 Å². The third-order valence-corrected chi connectivity index (χ3v) is 3.46. The van der Waals surface area contributed by atoms with E-state index in [0.717, 1.165) is 30.6 Å². The Morgan fingerprint density at radius 1 is 1.50 bits per heavy atom. The lowest BCUT2D eigenvalue weighted by atomic mass is 10.2. The summed E-state index contributed by atoms with van der Waals surface area (Å²) in [6.07, 6.45) is 1.27. The monoisotopic (exact) mass is 238 g/mol. The molecule has 0 spiro atoms. The van der Waals surface area contributed by atoms with Crippen LogP contribution in [0.4, 0.5) is 5.69 Å². The Bertz CT molecular complexity index is 365. The summed E-state index contributed by atoms with van der Waals surface area (Å²) in [4.78, 5) is 2.39. The Kier molecular flexibility index (Phi) is 3.72. The van der Waals surface area contributed by atoms with Gasteiger partial charge in [-0.1, -0.05) is 24.6 Å². The maximum Gasteiger partial charge on any atom is 0.0642 e. The molecule has 1 aliphatic heterocycles. The molecule has 2 rings (SSSR count). The van der Waals surface area contributed by atoms with Crippen LogP contribution in [-0.2, 0) is 6.54 Å². The molecule has 1 N–H and O–H groups in total. The molecule has 1 aromatic rings. The number of benzene rings is 1. The van der Waals surface area contributed by atoms with Gasteiger partial charge in [0.15, 0.2) is 0 Å². The zero-order valence-corrected chi connectivity index (χ0v) is 10.7. The molecular weight excluding hydrogens is 220 g/mol. The van der Waals surface area contributed by atoms with E-state index >= 15 is 0 Å². The summed E-state index contributed by atoms with van der Waals surface area (Å²) in [7, 11) is 1.95. The van der Waals surface area contributed by atoms with E-state index in [1.54, 1.807) is 0 Å². The summed E-state index contributed by atoms with van der Waals surface area (Å²) >= 11 is 6.32. The van der Waals surface area contributed by atoms with Crippen LogP contribution in [0, 0.1) is 5.92 Å². The van der Waals surface area contributed by atoms with Gasteiger partial charge < -0.3 is 10.2 Å². The Labute approximate surface area is 103 Å². The minimum atomic E-state index is 0.785. The van der Waals surface area contributed by atoms with Gasteiger partial charge in [-0.2, -0.15) is 0 Å². The average molecular weight is 239 g/mol. The van der Waals surface area contributed by atoms with E-state index in [4.69, 9.17) is 11.6 Å². The van der Waals surface area contributed by atoms with Gasteiger partial charge in [0.05, 0.1) is 10.7 Å². The molecular formula is C13H19ClN2. The van der Waals surface area contributed by atoms with Crippen LogP contribution in [0.15, 0.2) is 18.2 Å². The topological polar surface area (TPSA) is 15.3 Å². The van der Waals surface area contributed by atoms with E-state index < -0.39 is 0 Å². The average Bonchev–Trinajstić information content (AvgIpc) is 2.65. The number of nitrogens with one attached hydrogen (secondary N) is 1. The fraction of sp³-hybridized carbons (Fsp3) is 0.538. The van der Waals surface area contributed by atoms with Gasteiger partial charge >= 0.3 is 0 Å². The summed E-state index contributed by atoms with van der Waals surface area (Å²) in [6.45, 7) is 5.43. The van der Waals surface area contributed by atoms with E-state index in [9.17, 15) is 0 Å². The lowest BCUT2D eigenvalue weighted by molar-refractivity contribution is 0.659. The van der Waals surface area contributed by atoms with Crippen LogP contribution in [0.2, 0.25) is 5.02 Å². The van der Waals surface area contributed by atoms with Gasteiger partial charge in [0.2, 0.25) is 0 Å². The highest BCUT2D eigenvalue weighted by molar-refractivity contribution is 6.33. The first-order valence-electron chi connectivity index (χ1n) is 5.88. The molecule has 3 heteroatoms. The largest absolute Gasteiger partial charge is 0.370 e. The summed E-state index contributed by atoms with van der Waals surface area (Å²) < 4.78 is 0. The van der Waals surface area contributed by atoms with E-state index in [0.29, 0.717) is 0 Å². The normalized spacial score (nSPS) is 20.4. The predicted molar refractivity (Wildman–Crippen MR) is 70.2 cm³/mol. The Hall–Kier alpha value is -0.730. The molecule has 1 atom stereocenters. The molecule has 1 aromatic carbocycles. The molecule has 1 saturated heterocycles. The van der Waals surface area contributed by atoms with Crippen molar-refractivity contribution >= 4 is 17.3 Å². The molecule has 0 aliphatic carbocycles. The number of hydrogen-bond acceptors (Lipinski definition) is 2. The summed E-state index contributed by atoms with van der Waals surface area (Å²) in [6, 6.07) is 6.37. The lowest BCUT2D eigenvalue weighted by Crippen LogP contribution is -2.19. The first kappa shape index (κ1) is 11.7. The van der Waals surface area contributed by atoms with Gasteiger partial charge in [-0.25, -0.2) is 0 Å². The highest BCUT2D eigenvalue weighted by Crippen LogP contribution is 2.30. The molecule has 16 heavy (non-hydrogen) atoms. The molecule has 1 fully saturated rings. The quantitative estimate of drug-likeness (QED) is 0.871. The van der Waals surface area contributed by atoms with E-state index in [1.165, 1.54) is 17.7 Å². The van der Waals surface area contributed by atoms with Crippen molar-refractivity contribution < 1.29 is 0 Å². The molecule has 0 amide bonds. The van der Waals surface area contributed by atoms with Crippen molar-refractivity contribution in [3.05, 3.63) is 28.8 Å². The fourth-order valence-electron chi connectivity index (χ4n) is 2.27. The van der Waals surface area contributed by atoms with Crippen molar-refractivity contribution in [3.63, 3.8) is 0 Å². The van der Waals surface area contributed by atoms with Crippen LogP contribution in [-0.4, -0.2) is 20.1 Å². The zero-order chi connectivity index (χ0) is 11.5. The van der Waals surface area contributed by atoms with Gasteiger partial charge in [0.25, 0.3) is 0 Å². The first-order valence-corrected chi connectivity index (χ1v) is 6.26. The van der Waals surface area contributed by atoms with Crippen molar-refractivity contribution in [2.45, 2.75) is 19.9 Å². The van der Waals surface area contributed by atoms with Crippen molar-refractivity contribution in [1.82, 2.24) is 5.32 Å². The second kappa shape index (κ2) is 5.07. The van der Waals surface area contributed by atoms with Crippen molar-refractivity contribution in [1.29, 1.82) is 0 Å². The SMILES string of the molecule is CNCc1ccc(N2CCC(C)C2)c(Cl)c1.